The molecule has 0 atom stereocenters. The van der Waals surface area contributed by atoms with Gasteiger partial charge in [-0.1, -0.05) is 38.1 Å². The first-order chi connectivity index (χ1) is 7.80. The molecule has 0 unspecified atom stereocenters. The summed E-state index contributed by atoms with van der Waals surface area (Å²) in [5, 5.41) is 0. The van der Waals surface area contributed by atoms with Crippen LogP contribution < -0.4 is 0 Å². The van der Waals surface area contributed by atoms with Crippen molar-refractivity contribution in [3.63, 3.8) is 0 Å². The standard InChI is InChI=1S/C13H15F3O/c1-9(2)11-6-3-10(4-7-11)5-8-12(17)13(14,15)16/h3-4,6-7,9H,5,8H2,1-2H3. The van der Waals surface area contributed by atoms with Gasteiger partial charge in [0.15, 0.2) is 0 Å². The van der Waals surface area contributed by atoms with Gasteiger partial charge in [-0.25, -0.2) is 0 Å². The Morgan fingerprint density at radius 3 is 2.12 bits per heavy atom. The first-order valence-corrected chi connectivity index (χ1v) is 5.49. The molecule has 0 aliphatic rings. The Morgan fingerprint density at radius 1 is 1.18 bits per heavy atom. The average Bonchev–Trinajstić information content (AvgIpc) is 2.25. The van der Waals surface area contributed by atoms with Crippen molar-refractivity contribution in [2.75, 3.05) is 0 Å². The third kappa shape index (κ3) is 4.21. The van der Waals surface area contributed by atoms with Crippen molar-refractivity contribution < 1.29 is 18.0 Å². The highest BCUT2D eigenvalue weighted by Gasteiger charge is 2.37. The molecule has 0 N–H and O–H groups in total. The summed E-state index contributed by atoms with van der Waals surface area (Å²) in [6.45, 7) is 4.09. The number of halogens is 3. The minimum atomic E-state index is -4.71. The summed E-state index contributed by atoms with van der Waals surface area (Å²) in [6, 6.07) is 7.33. The van der Waals surface area contributed by atoms with E-state index in [1.54, 1.807) is 12.1 Å². The smallest absolute Gasteiger partial charge is 0.290 e. The van der Waals surface area contributed by atoms with E-state index >= 15 is 0 Å². The van der Waals surface area contributed by atoms with Gasteiger partial charge in [0.05, 0.1) is 0 Å². The molecule has 0 saturated carbocycles. The first-order valence-electron chi connectivity index (χ1n) is 5.49. The Balaban J connectivity index is 2.56. The van der Waals surface area contributed by atoms with E-state index in [-0.39, 0.29) is 6.42 Å². The van der Waals surface area contributed by atoms with Crippen LogP contribution in [0.3, 0.4) is 0 Å². The highest BCUT2D eigenvalue weighted by Crippen LogP contribution is 2.20. The lowest BCUT2D eigenvalue weighted by Crippen LogP contribution is -2.22. The quantitative estimate of drug-likeness (QED) is 0.785. The van der Waals surface area contributed by atoms with Gasteiger partial charge in [-0.2, -0.15) is 13.2 Å². The summed E-state index contributed by atoms with van der Waals surface area (Å²) >= 11 is 0. The number of alkyl halides is 3. The Bertz CT molecular complexity index is 377. The molecule has 0 amide bonds. The third-order valence-electron chi connectivity index (χ3n) is 2.60. The molecule has 94 valence electrons. The van der Waals surface area contributed by atoms with Crippen LogP contribution in [-0.2, 0) is 11.2 Å². The van der Waals surface area contributed by atoms with Gasteiger partial charge < -0.3 is 0 Å². The average molecular weight is 244 g/mol. The lowest BCUT2D eigenvalue weighted by molar-refractivity contribution is -0.171. The van der Waals surface area contributed by atoms with E-state index < -0.39 is 18.4 Å². The van der Waals surface area contributed by atoms with Crippen molar-refractivity contribution in [1.29, 1.82) is 0 Å². The molecule has 0 saturated heterocycles. The van der Waals surface area contributed by atoms with Crippen LogP contribution in [0.5, 0.6) is 0 Å². The van der Waals surface area contributed by atoms with Crippen LogP contribution in [0.2, 0.25) is 0 Å². The summed E-state index contributed by atoms with van der Waals surface area (Å²) in [6.07, 6.45) is -5.06. The van der Waals surface area contributed by atoms with Crippen LogP contribution >= 0.6 is 0 Å². The second kappa shape index (κ2) is 5.34. The molecule has 4 heteroatoms. The van der Waals surface area contributed by atoms with Crippen LogP contribution in [0.25, 0.3) is 0 Å². The maximum absolute atomic E-state index is 12.0. The molecule has 0 aromatic heterocycles. The lowest BCUT2D eigenvalue weighted by Gasteiger charge is -2.07. The summed E-state index contributed by atoms with van der Waals surface area (Å²) in [5.74, 6) is -1.27. The number of ketones is 1. The molecular formula is C13H15F3O. The van der Waals surface area contributed by atoms with Gasteiger partial charge in [0.25, 0.3) is 0 Å². The van der Waals surface area contributed by atoms with E-state index in [2.05, 4.69) is 0 Å². The fourth-order valence-corrected chi connectivity index (χ4v) is 1.47. The van der Waals surface area contributed by atoms with Crippen molar-refractivity contribution in [2.24, 2.45) is 0 Å². The predicted molar refractivity (Wildman–Crippen MR) is 59.9 cm³/mol. The number of hydrogen-bond donors (Lipinski definition) is 0. The Hall–Kier alpha value is -1.32. The molecule has 0 aliphatic carbocycles. The van der Waals surface area contributed by atoms with E-state index in [1.165, 1.54) is 0 Å². The van der Waals surface area contributed by atoms with E-state index in [0.29, 0.717) is 5.92 Å². The number of carbonyl (C=O) groups is 1. The van der Waals surface area contributed by atoms with Gasteiger partial charge in [0.1, 0.15) is 0 Å². The maximum atomic E-state index is 12.0. The summed E-state index contributed by atoms with van der Waals surface area (Å²) in [7, 11) is 0. The van der Waals surface area contributed by atoms with Gasteiger partial charge in [-0.05, 0) is 23.5 Å². The van der Waals surface area contributed by atoms with Gasteiger partial charge in [-0.3, -0.25) is 4.79 Å². The number of carbonyl (C=O) groups excluding carboxylic acids is 1. The third-order valence-corrected chi connectivity index (χ3v) is 2.60. The Labute approximate surface area is 98.6 Å². The fourth-order valence-electron chi connectivity index (χ4n) is 1.47. The zero-order valence-corrected chi connectivity index (χ0v) is 9.84. The van der Waals surface area contributed by atoms with Crippen molar-refractivity contribution >= 4 is 5.78 Å². The van der Waals surface area contributed by atoms with E-state index in [9.17, 15) is 18.0 Å². The number of benzene rings is 1. The largest absolute Gasteiger partial charge is 0.449 e. The Morgan fingerprint density at radius 2 is 1.71 bits per heavy atom. The van der Waals surface area contributed by atoms with Gasteiger partial charge in [0.2, 0.25) is 5.78 Å². The van der Waals surface area contributed by atoms with Gasteiger partial charge >= 0.3 is 6.18 Å². The van der Waals surface area contributed by atoms with Crippen molar-refractivity contribution in [2.45, 2.75) is 38.8 Å². The number of hydrogen-bond acceptors (Lipinski definition) is 1. The molecule has 1 aromatic rings. The molecule has 0 bridgehead atoms. The zero-order chi connectivity index (χ0) is 13.1. The molecule has 0 aliphatic heterocycles. The summed E-state index contributed by atoms with van der Waals surface area (Å²) in [4.78, 5) is 10.7. The SMILES string of the molecule is CC(C)c1ccc(CCC(=O)C(F)(F)F)cc1. The normalized spacial score (nSPS) is 11.9. The van der Waals surface area contributed by atoms with Crippen molar-refractivity contribution in [3.8, 4) is 0 Å². The topological polar surface area (TPSA) is 17.1 Å². The second-order valence-corrected chi connectivity index (χ2v) is 4.32. The monoisotopic (exact) mass is 244 g/mol. The predicted octanol–water partition coefficient (Wildman–Crippen LogP) is 3.87. The molecule has 1 aromatic carbocycles. The molecule has 0 fully saturated rings. The molecular weight excluding hydrogens is 229 g/mol. The van der Waals surface area contributed by atoms with Crippen LogP contribution in [-0.4, -0.2) is 12.0 Å². The van der Waals surface area contributed by atoms with Crippen LogP contribution in [0.4, 0.5) is 13.2 Å². The molecule has 1 nitrogen and oxygen atoms in total. The highest BCUT2D eigenvalue weighted by molar-refractivity contribution is 5.84. The maximum Gasteiger partial charge on any atom is 0.449 e. The fraction of sp³-hybridized carbons (Fsp3) is 0.462. The number of aryl methyl sites for hydroxylation is 1. The van der Waals surface area contributed by atoms with E-state index in [0.717, 1.165) is 11.1 Å². The zero-order valence-electron chi connectivity index (χ0n) is 9.84. The van der Waals surface area contributed by atoms with E-state index in [4.69, 9.17) is 0 Å². The Kier molecular flexibility index (Phi) is 4.32. The van der Waals surface area contributed by atoms with E-state index in [1.807, 2.05) is 26.0 Å². The summed E-state index contributed by atoms with van der Waals surface area (Å²) in [5.41, 5.74) is 1.89. The summed E-state index contributed by atoms with van der Waals surface area (Å²) < 4.78 is 35.9. The van der Waals surface area contributed by atoms with Crippen LogP contribution in [0.15, 0.2) is 24.3 Å². The second-order valence-electron chi connectivity index (χ2n) is 4.32. The van der Waals surface area contributed by atoms with Gasteiger partial charge in [-0.15, -0.1) is 0 Å². The minimum Gasteiger partial charge on any atom is -0.290 e. The molecule has 1 rings (SSSR count). The number of Topliss-reactive ketones (excluding diaryl/α,β-unsaturated/α-hetero) is 1. The lowest BCUT2D eigenvalue weighted by atomic mass is 10.00. The minimum absolute atomic E-state index is 0.136. The van der Waals surface area contributed by atoms with Crippen LogP contribution in [0.1, 0.15) is 37.3 Å². The molecule has 0 heterocycles. The van der Waals surface area contributed by atoms with Crippen molar-refractivity contribution in [1.82, 2.24) is 0 Å². The number of rotatable bonds is 4. The molecule has 0 spiro atoms. The van der Waals surface area contributed by atoms with Crippen LogP contribution in [0, 0.1) is 0 Å². The first kappa shape index (κ1) is 13.7. The van der Waals surface area contributed by atoms with Crippen molar-refractivity contribution in [3.05, 3.63) is 35.4 Å². The molecule has 0 radical (unpaired) electrons. The highest BCUT2D eigenvalue weighted by atomic mass is 19.4. The molecule has 17 heavy (non-hydrogen) atoms. The van der Waals surface area contributed by atoms with Gasteiger partial charge in [0, 0.05) is 6.42 Å².